The first-order valence-corrected chi connectivity index (χ1v) is 11.5. The van der Waals surface area contributed by atoms with Crippen LogP contribution >= 0.6 is 0 Å². The van der Waals surface area contributed by atoms with Crippen molar-refractivity contribution in [1.82, 2.24) is 0 Å². The van der Waals surface area contributed by atoms with E-state index >= 15 is 4.39 Å². The Bertz CT molecular complexity index is 1110. The van der Waals surface area contributed by atoms with Crippen LogP contribution in [0.1, 0.15) is 62.1 Å². The van der Waals surface area contributed by atoms with Gasteiger partial charge in [0.2, 0.25) is 0 Å². The highest BCUT2D eigenvalue weighted by Gasteiger charge is 2.29. The van der Waals surface area contributed by atoms with Crippen molar-refractivity contribution in [2.45, 2.75) is 64.5 Å². The highest BCUT2D eigenvalue weighted by molar-refractivity contribution is 5.91. The van der Waals surface area contributed by atoms with Crippen molar-refractivity contribution >= 4 is 10.8 Å². The van der Waals surface area contributed by atoms with Crippen molar-refractivity contribution in [1.29, 1.82) is 5.26 Å². The standard InChI is InChI=1S/C28H29F2N/c1-2-3-4-5-6-7-23-15-22-10-9-21-14-19(12-13-25(21)26(22)17-28(23)30)20-8-11-24(18-31)27(29)16-20/h8-14,16,23,28H,2-7,15,17H2,1H3. The smallest absolute Gasteiger partial charge is 0.141 e. The molecular formula is C28H29F2N. The number of nitriles is 1. The van der Waals surface area contributed by atoms with Gasteiger partial charge in [-0.05, 0) is 70.0 Å². The quantitative estimate of drug-likeness (QED) is 0.358. The maximum atomic E-state index is 15.0. The highest BCUT2D eigenvalue weighted by Crippen LogP contribution is 2.36. The lowest BCUT2D eigenvalue weighted by Gasteiger charge is -2.29. The molecule has 1 aliphatic carbocycles. The van der Waals surface area contributed by atoms with Gasteiger partial charge in [-0.3, -0.25) is 0 Å². The molecule has 0 heterocycles. The van der Waals surface area contributed by atoms with Crippen molar-refractivity contribution in [2.75, 3.05) is 0 Å². The molecule has 0 N–H and O–H groups in total. The van der Waals surface area contributed by atoms with Crippen molar-refractivity contribution in [3.63, 3.8) is 0 Å². The first kappa shape index (κ1) is 21.5. The molecule has 0 radical (unpaired) electrons. The second kappa shape index (κ2) is 9.60. The van der Waals surface area contributed by atoms with Crippen molar-refractivity contribution in [3.05, 3.63) is 71.0 Å². The monoisotopic (exact) mass is 417 g/mol. The maximum absolute atomic E-state index is 15.0. The average molecular weight is 418 g/mol. The zero-order chi connectivity index (χ0) is 21.8. The fraction of sp³-hybridized carbons (Fsp3) is 0.393. The second-order valence-electron chi connectivity index (χ2n) is 8.83. The van der Waals surface area contributed by atoms with E-state index in [1.807, 2.05) is 24.3 Å². The van der Waals surface area contributed by atoms with E-state index in [1.54, 1.807) is 6.07 Å². The SMILES string of the molecule is CCCCCCCC1Cc2ccc3cc(-c4ccc(C#N)c(F)c4)ccc3c2CC1F. The molecule has 0 saturated carbocycles. The minimum atomic E-state index is -0.781. The molecule has 0 bridgehead atoms. The van der Waals surface area contributed by atoms with Gasteiger partial charge in [-0.25, -0.2) is 8.78 Å². The van der Waals surface area contributed by atoms with Gasteiger partial charge in [-0.1, -0.05) is 69.4 Å². The van der Waals surface area contributed by atoms with Crippen molar-refractivity contribution < 1.29 is 8.78 Å². The van der Waals surface area contributed by atoms with E-state index in [0.717, 1.165) is 46.7 Å². The molecule has 0 aromatic heterocycles. The molecule has 3 aromatic carbocycles. The van der Waals surface area contributed by atoms with Gasteiger partial charge in [0.15, 0.2) is 0 Å². The Morgan fingerprint density at radius 3 is 2.48 bits per heavy atom. The van der Waals surface area contributed by atoms with Gasteiger partial charge in [0.1, 0.15) is 18.1 Å². The third-order valence-electron chi connectivity index (χ3n) is 6.72. The summed E-state index contributed by atoms with van der Waals surface area (Å²) in [5.41, 5.74) is 4.09. The van der Waals surface area contributed by atoms with E-state index < -0.39 is 12.0 Å². The number of hydrogen-bond donors (Lipinski definition) is 0. The number of alkyl halides is 1. The molecule has 2 atom stereocenters. The number of nitrogens with zero attached hydrogens (tertiary/aromatic N) is 1. The Balaban J connectivity index is 1.55. The summed E-state index contributed by atoms with van der Waals surface area (Å²) < 4.78 is 29.1. The minimum Gasteiger partial charge on any atom is -0.247 e. The van der Waals surface area contributed by atoms with Crippen molar-refractivity contribution in [3.8, 4) is 17.2 Å². The predicted octanol–water partition coefficient (Wildman–Crippen LogP) is 7.93. The largest absolute Gasteiger partial charge is 0.247 e. The molecule has 0 fully saturated rings. The van der Waals surface area contributed by atoms with Crippen LogP contribution in [0.5, 0.6) is 0 Å². The lowest BCUT2D eigenvalue weighted by atomic mass is 9.78. The first-order valence-electron chi connectivity index (χ1n) is 11.5. The molecular weight excluding hydrogens is 388 g/mol. The molecule has 0 spiro atoms. The molecule has 3 heteroatoms. The molecule has 1 aliphatic rings. The third-order valence-corrected chi connectivity index (χ3v) is 6.72. The number of fused-ring (bicyclic) bond motifs is 3. The molecule has 2 unspecified atom stereocenters. The number of rotatable bonds is 7. The van der Waals surface area contributed by atoms with Gasteiger partial charge >= 0.3 is 0 Å². The van der Waals surface area contributed by atoms with E-state index in [-0.39, 0.29) is 11.5 Å². The molecule has 1 nitrogen and oxygen atoms in total. The summed E-state index contributed by atoms with van der Waals surface area (Å²) in [6.07, 6.45) is 7.60. The Hall–Kier alpha value is -2.73. The highest BCUT2D eigenvalue weighted by atomic mass is 19.1. The van der Waals surface area contributed by atoms with Crippen LogP contribution in [0, 0.1) is 23.1 Å². The molecule has 3 aromatic rings. The van der Waals surface area contributed by atoms with E-state index in [2.05, 4.69) is 19.1 Å². The van der Waals surface area contributed by atoms with Crippen molar-refractivity contribution in [2.24, 2.45) is 5.92 Å². The van der Waals surface area contributed by atoms with E-state index in [9.17, 15) is 4.39 Å². The average Bonchev–Trinajstić information content (AvgIpc) is 2.78. The summed E-state index contributed by atoms with van der Waals surface area (Å²) in [6, 6.07) is 16.8. The van der Waals surface area contributed by atoms with Crippen LogP contribution in [0.25, 0.3) is 21.9 Å². The van der Waals surface area contributed by atoms with Gasteiger partial charge < -0.3 is 0 Å². The van der Waals surface area contributed by atoms with E-state index in [0.29, 0.717) is 6.42 Å². The van der Waals surface area contributed by atoms with Crippen LogP contribution in [-0.2, 0) is 12.8 Å². The third kappa shape index (κ3) is 4.64. The zero-order valence-corrected chi connectivity index (χ0v) is 18.1. The molecule has 4 rings (SSSR count). The predicted molar refractivity (Wildman–Crippen MR) is 123 cm³/mol. The van der Waals surface area contributed by atoms with E-state index in [4.69, 9.17) is 5.26 Å². The number of unbranched alkanes of at least 4 members (excludes halogenated alkanes) is 4. The first-order chi connectivity index (χ1) is 15.1. The van der Waals surface area contributed by atoms with Gasteiger partial charge in [0.05, 0.1) is 5.56 Å². The topological polar surface area (TPSA) is 23.8 Å². The lowest BCUT2D eigenvalue weighted by molar-refractivity contribution is 0.199. The number of hydrogen-bond acceptors (Lipinski definition) is 1. The fourth-order valence-electron chi connectivity index (χ4n) is 4.90. The Morgan fingerprint density at radius 1 is 0.935 bits per heavy atom. The summed E-state index contributed by atoms with van der Waals surface area (Å²) in [7, 11) is 0. The summed E-state index contributed by atoms with van der Waals surface area (Å²) in [4.78, 5) is 0. The van der Waals surface area contributed by atoms with Gasteiger partial charge in [-0.15, -0.1) is 0 Å². The summed E-state index contributed by atoms with van der Waals surface area (Å²) in [5, 5.41) is 11.1. The summed E-state index contributed by atoms with van der Waals surface area (Å²) in [5.74, 6) is -0.376. The maximum Gasteiger partial charge on any atom is 0.141 e. The molecule has 0 saturated heterocycles. The molecule has 160 valence electrons. The van der Waals surface area contributed by atoms with Crippen LogP contribution in [0.4, 0.5) is 8.78 Å². The number of benzene rings is 3. The van der Waals surface area contributed by atoms with Crippen LogP contribution in [-0.4, -0.2) is 6.17 Å². The zero-order valence-electron chi connectivity index (χ0n) is 18.1. The van der Waals surface area contributed by atoms with Gasteiger partial charge in [0, 0.05) is 6.42 Å². The van der Waals surface area contributed by atoms with E-state index in [1.165, 1.54) is 43.4 Å². The van der Waals surface area contributed by atoms with Gasteiger partial charge in [0.25, 0.3) is 0 Å². The Morgan fingerprint density at radius 2 is 1.71 bits per heavy atom. The molecule has 0 amide bonds. The second-order valence-corrected chi connectivity index (χ2v) is 8.83. The lowest BCUT2D eigenvalue weighted by Crippen LogP contribution is -2.27. The normalized spacial score (nSPS) is 18.0. The van der Waals surface area contributed by atoms with Gasteiger partial charge in [-0.2, -0.15) is 5.26 Å². The minimum absolute atomic E-state index is 0.0486. The molecule has 31 heavy (non-hydrogen) atoms. The fourth-order valence-corrected chi connectivity index (χ4v) is 4.90. The summed E-state index contributed by atoms with van der Waals surface area (Å²) >= 11 is 0. The molecule has 0 aliphatic heterocycles. The van der Waals surface area contributed by atoms with Crippen LogP contribution in [0.3, 0.4) is 0 Å². The summed E-state index contributed by atoms with van der Waals surface area (Å²) in [6.45, 7) is 2.21. The van der Waals surface area contributed by atoms with Crippen LogP contribution < -0.4 is 0 Å². The van der Waals surface area contributed by atoms with Crippen LogP contribution in [0.2, 0.25) is 0 Å². The van der Waals surface area contributed by atoms with Crippen LogP contribution in [0.15, 0.2) is 48.5 Å². The Labute approximate surface area is 183 Å². The Kier molecular flexibility index (Phi) is 6.66. The number of halogens is 2.